The molecule has 2 fully saturated rings. The van der Waals surface area contributed by atoms with Gasteiger partial charge in [0, 0.05) is 18.9 Å². The van der Waals surface area contributed by atoms with Gasteiger partial charge in [0.1, 0.15) is 17.3 Å². The van der Waals surface area contributed by atoms with Crippen molar-refractivity contribution in [2.45, 2.75) is 65.4 Å². The molecule has 128 valence electrons. The minimum atomic E-state index is -0.757. The molecule has 1 unspecified atom stereocenters. The van der Waals surface area contributed by atoms with Gasteiger partial charge < -0.3 is 4.74 Å². The van der Waals surface area contributed by atoms with E-state index in [2.05, 4.69) is 5.10 Å². The Morgan fingerprint density at radius 2 is 1.91 bits per heavy atom. The van der Waals surface area contributed by atoms with E-state index in [9.17, 15) is 14.4 Å². The monoisotopic (exact) mass is 322 g/mol. The molecular formula is C17H26N2O4. The van der Waals surface area contributed by atoms with Crippen molar-refractivity contribution in [1.82, 2.24) is 5.01 Å². The number of carbonyl (C=O) groups excluding carboxylic acids is 3. The Morgan fingerprint density at radius 1 is 1.26 bits per heavy atom. The van der Waals surface area contributed by atoms with Crippen LogP contribution in [-0.4, -0.2) is 40.5 Å². The van der Waals surface area contributed by atoms with Crippen LogP contribution in [0.4, 0.5) is 4.79 Å². The summed E-state index contributed by atoms with van der Waals surface area (Å²) < 4.78 is 5.32. The van der Waals surface area contributed by atoms with Gasteiger partial charge in [0.05, 0.1) is 5.71 Å². The van der Waals surface area contributed by atoms with Gasteiger partial charge in [-0.3, -0.25) is 9.59 Å². The van der Waals surface area contributed by atoms with E-state index in [1.165, 1.54) is 5.01 Å². The van der Waals surface area contributed by atoms with E-state index in [4.69, 9.17) is 4.74 Å². The molecule has 0 radical (unpaired) electrons. The van der Waals surface area contributed by atoms with Crippen LogP contribution in [0.5, 0.6) is 0 Å². The minimum Gasteiger partial charge on any atom is -0.442 e. The van der Waals surface area contributed by atoms with Crippen LogP contribution < -0.4 is 0 Å². The summed E-state index contributed by atoms with van der Waals surface area (Å²) in [5.74, 6) is -0.836. The van der Waals surface area contributed by atoms with Crippen molar-refractivity contribution >= 4 is 23.4 Å². The number of amides is 1. The van der Waals surface area contributed by atoms with Gasteiger partial charge in [-0.2, -0.15) is 10.1 Å². The zero-order chi connectivity index (χ0) is 17.2. The van der Waals surface area contributed by atoms with Crippen LogP contribution >= 0.6 is 0 Å². The lowest BCUT2D eigenvalue weighted by molar-refractivity contribution is -0.131. The van der Waals surface area contributed by atoms with E-state index in [0.29, 0.717) is 31.5 Å². The van der Waals surface area contributed by atoms with Gasteiger partial charge in [0.15, 0.2) is 5.78 Å². The lowest BCUT2D eigenvalue weighted by Gasteiger charge is -2.27. The van der Waals surface area contributed by atoms with E-state index >= 15 is 0 Å². The topological polar surface area (TPSA) is 76.0 Å². The molecule has 0 aromatic rings. The van der Waals surface area contributed by atoms with Crippen LogP contribution in [0.1, 0.15) is 59.8 Å². The molecule has 0 heterocycles. The van der Waals surface area contributed by atoms with Crippen molar-refractivity contribution in [1.29, 1.82) is 0 Å². The SMILES string of the molecule is CCN(/N=C1/CCCC(=O)C1C(=O)C1CC1)C(=O)OC(C)(C)C. The van der Waals surface area contributed by atoms with Gasteiger partial charge in [0.2, 0.25) is 0 Å². The molecule has 0 bridgehead atoms. The van der Waals surface area contributed by atoms with Gasteiger partial charge >= 0.3 is 6.09 Å². The highest BCUT2D eigenvalue weighted by Crippen LogP contribution is 2.35. The first-order chi connectivity index (χ1) is 10.7. The standard InChI is InChI=1S/C17H26N2O4/c1-5-19(16(22)23-17(2,3)4)18-12-7-6-8-13(20)14(12)15(21)11-9-10-11/h11,14H,5-10H2,1-4H3/b18-12-. The highest BCUT2D eigenvalue weighted by Gasteiger charge is 2.42. The highest BCUT2D eigenvalue weighted by molar-refractivity contribution is 6.23. The Labute approximate surface area is 137 Å². The summed E-state index contributed by atoms with van der Waals surface area (Å²) in [6, 6.07) is 0. The van der Waals surface area contributed by atoms with Crippen LogP contribution in [-0.2, 0) is 14.3 Å². The second-order valence-electron chi connectivity index (χ2n) is 7.22. The molecule has 2 saturated carbocycles. The van der Waals surface area contributed by atoms with Crippen molar-refractivity contribution in [2.24, 2.45) is 16.9 Å². The van der Waals surface area contributed by atoms with E-state index in [0.717, 1.165) is 12.8 Å². The molecule has 0 spiro atoms. The smallest absolute Gasteiger partial charge is 0.430 e. The second kappa shape index (κ2) is 6.81. The average molecular weight is 322 g/mol. The van der Waals surface area contributed by atoms with E-state index in [1.54, 1.807) is 27.7 Å². The molecule has 6 nitrogen and oxygen atoms in total. The fourth-order valence-corrected chi connectivity index (χ4v) is 2.66. The molecule has 23 heavy (non-hydrogen) atoms. The summed E-state index contributed by atoms with van der Waals surface area (Å²) in [6.07, 6.45) is 2.84. The van der Waals surface area contributed by atoms with E-state index in [-0.39, 0.29) is 17.5 Å². The maximum atomic E-state index is 12.4. The number of ether oxygens (including phenoxy) is 1. The molecule has 1 atom stereocenters. The Morgan fingerprint density at radius 3 is 2.43 bits per heavy atom. The summed E-state index contributed by atoms with van der Waals surface area (Å²) in [5.41, 5.74) is -0.0955. The van der Waals surface area contributed by atoms with E-state index < -0.39 is 17.6 Å². The molecular weight excluding hydrogens is 296 g/mol. The molecule has 2 rings (SSSR count). The number of hydrogen-bond donors (Lipinski definition) is 0. The zero-order valence-corrected chi connectivity index (χ0v) is 14.4. The molecule has 2 aliphatic carbocycles. The van der Waals surface area contributed by atoms with Crippen molar-refractivity contribution < 1.29 is 19.1 Å². The van der Waals surface area contributed by atoms with Gasteiger partial charge in [0.25, 0.3) is 0 Å². The summed E-state index contributed by atoms with van der Waals surface area (Å²) in [6.45, 7) is 7.48. The largest absolute Gasteiger partial charge is 0.442 e. The predicted molar refractivity (Wildman–Crippen MR) is 86.1 cm³/mol. The summed E-state index contributed by atoms with van der Waals surface area (Å²) in [4.78, 5) is 36.8. The Balaban J connectivity index is 2.19. The quantitative estimate of drug-likeness (QED) is 0.589. The number of hydrogen-bond acceptors (Lipinski definition) is 5. The van der Waals surface area contributed by atoms with Crippen LogP contribution in [0.25, 0.3) is 0 Å². The lowest BCUT2D eigenvalue weighted by Crippen LogP contribution is -2.40. The van der Waals surface area contributed by atoms with E-state index in [1.807, 2.05) is 0 Å². The van der Waals surface area contributed by atoms with Crippen molar-refractivity contribution in [3.63, 3.8) is 0 Å². The van der Waals surface area contributed by atoms with Crippen molar-refractivity contribution in [3.05, 3.63) is 0 Å². The Hall–Kier alpha value is -1.72. The molecule has 0 aromatic carbocycles. The van der Waals surface area contributed by atoms with Crippen molar-refractivity contribution in [2.75, 3.05) is 6.54 Å². The van der Waals surface area contributed by atoms with Gasteiger partial charge in [-0.25, -0.2) is 4.79 Å². The van der Waals surface area contributed by atoms with Gasteiger partial charge in [-0.15, -0.1) is 0 Å². The first-order valence-corrected chi connectivity index (χ1v) is 8.37. The summed E-state index contributed by atoms with van der Waals surface area (Å²) in [7, 11) is 0. The summed E-state index contributed by atoms with van der Waals surface area (Å²) >= 11 is 0. The Kier molecular flexibility index (Phi) is 5.22. The molecule has 0 saturated heterocycles. The number of ketones is 2. The zero-order valence-electron chi connectivity index (χ0n) is 14.4. The maximum Gasteiger partial charge on any atom is 0.430 e. The summed E-state index contributed by atoms with van der Waals surface area (Å²) in [5, 5.41) is 5.55. The molecule has 1 amide bonds. The second-order valence-corrected chi connectivity index (χ2v) is 7.22. The third-order valence-corrected chi connectivity index (χ3v) is 3.93. The fourth-order valence-electron chi connectivity index (χ4n) is 2.66. The molecule has 6 heteroatoms. The number of nitrogens with zero attached hydrogens (tertiary/aromatic N) is 2. The number of rotatable bonds is 4. The third-order valence-electron chi connectivity index (χ3n) is 3.93. The minimum absolute atomic E-state index is 0.00357. The Bertz CT molecular complexity index is 529. The van der Waals surface area contributed by atoms with Crippen LogP contribution in [0.3, 0.4) is 0 Å². The van der Waals surface area contributed by atoms with Crippen LogP contribution in [0.15, 0.2) is 5.10 Å². The van der Waals surface area contributed by atoms with Crippen LogP contribution in [0.2, 0.25) is 0 Å². The van der Waals surface area contributed by atoms with Crippen LogP contribution in [0, 0.1) is 11.8 Å². The average Bonchev–Trinajstić information content (AvgIpc) is 3.26. The molecule has 2 aliphatic rings. The fraction of sp³-hybridized carbons (Fsp3) is 0.765. The third kappa shape index (κ3) is 4.62. The maximum absolute atomic E-state index is 12.4. The molecule has 0 aromatic heterocycles. The first kappa shape index (κ1) is 17.6. The number of Topliss-reactive ketones (excluding diaryl/α,β-unsaturated/α-hetero) is 2. The lowest BCUT2D eigenvalue weighted by atomic mass is 9.82. The van der Waals surface area contributed by atoms with Gasteiger partial charge in [-0.1, -0.05) is 0 Å². The highest BCUT2D eigenvalue weighted by atomic mass is 16.6. The first-order valence-electron chi connectivity index (χ1n) is 8.37. The molecule has 0 aliphatic heterocycles. The number of hydrazone groups is 1. The molecule has 0 N–H and O–H groups in total. The van der Waals surface area contributed by atoms with Crippen molar-refractivity contribution in [3.8, 4) is 0 Å². The predicted octanol–water partition coefficient (Wildman–Crippen LogP) is 2.95. The number of carbonyl (C=O) groups is 3. The normalized spacial score (nSPS) is 23.7. The van der Waals surface area contributed by atoms with Gasteiger partial charge in [-0.05, 0) is 53.4 Å².